The van der Waals surface area contributed by atoms with Gasteiger partial charge in [0.1, 0.15) is 5.82 Å². The molecule has 0 aliphatic heterocycles. The Bertz CT molecular complexity index is 895. The van der Waals surface area contributed by atoms with Crippen LogP contribution in [0.1, 0.15) is 37.8 Å². The average molecular weight is 428 g/mol. The molecule has 31 heavy (non-hydrogen) atoms. The molecule has 0 atom stereocenters. The molecule has 2 aromatic rings. The van der Waals surface area contributed by atoms with E-state index in [0.29, 0.717) is 18.5 Å². The molecule has 166 valence electrons. The van der Waals surface area contributed by atoms with E-state index in [1.807, 2.05) is 39.0 Å². The summed E-state index contributed by atoms with van der Waals surface area (Å²) in [7, 11) is 0. The van der Waals surface area contributed by atoms with Gasteiger partial charge in [0.05, 0.1) is 13.1 Å². The van der Waals surface area contributed by atoms with Crippen molar-refractivity contribution in [3.8, 4) is 0 Å². The van der Waals surface area contributed by atoms with Crippen LogP contribution in [0, 0.1) is 18.7 Å². The lowest BCUT2D eigenvalue weighted by Gasteiger charge is -2.26. The fourth-order valence-corrected chi connectivity index (χ4v) is 3.25. The SMILES string of the molecule is CCC(CC)C(=O)N(CC(=O)NCC(=O)Nc1cccc(C)c1)Cc1ccc(F)cc1. The summed E-state index contributed by atoms with van der Waals surface area (Å²) in [6.07, 6.45) is 1.32. The summed E-state index contributed by atoms with van der Waals surface area (Å²) in [5.41, 5.74) is 2.39. The summed E-state index contributed by atoms with van der Waals surface area (Å²) < 4.78 is 13.2. The van der Waals surface area contributed by atoms with Gasteiger partial charge in [0.25, 0.3) is 0 Å². The van der Waals surface area contributed by atoms with E-state index in [-0.39, 0.29) is 43.2 Å². The molecular weight excluding hydrogens is 397 g/mol. The molecule has 3 amide bonds. The molecule has 2 rings (SSSR count). The van der Waals surface area contributed by atoms with Gasteiger partial charge >= 0.3 is 0 Å². The highest BCUT2D eigenvalue weighted by Crippen LogP contribution is 2.15. The minimum Gasteiger partial charge on any atom is -0.345 e. The van der Waals surface area contributed by atoms with E-state index >= 15 is 0 Å². The lowest BCUT2D eigenvalue weighted by atomic mass is 10.0. The van der Waals surface area contributed by atoms with Crippen molar-refractivity contribution in [2.45, 2.75) is 40.2 Å². The van der Waals surface area contributed by atoms with Gasteiger partial charge in [0.2, 0.25) is 17.7 Å². The predicted octanol–water partition coefficient (Wildman–Crippen LogP) is 3.65. The average Bonchev–Trinajstić information content (AvgIpc) is 2.74. The Balaban J connectivity index is 1.97. The second kappa shape index (κ2) is 11.8. The number of amides is 3. The molecule has 0 aliphatic carbocycles. The molecule has 2 N–H and O–H groups in total. The second-order valence-electron chi connectivity index (χ2n) is 7.53. The minimum absolute atomic E-state index is 0.131. The summed E-state index contributed by atoms with van der Waals surface area (Å²) in [6, 6.07) is 13.2. The maximum Gasteiger partial charge on any atom is 0.243 e. The predicted molar refractivity (Wildman–Crippen MR) is 119 cm³/mol. The molecule has 0 aliphatic rings. The van der Waals surface area contributed by atoms with E-state index < -0.39 is 5.91 Å². The fourth-order valence-electron chi connectivity index (χ4n) is 3.25. The number of anilines is 1. The first-order chi connectivity index (χ1) is 14.8. The Hall–Kier alpha value is -3.22. The highest BCUT2D eigenvalue weighted by Gasteiger charge is 2.24. The van der Waals surface area contributed by atoms with Crippen LogP contribution in [0.15, 0.2) is 48.5 Å². The fraction of sp³-hybridized carbons (Fsp3) is 0.375. The highest BCUT2D eigenvalue weighted by molar-refractivity contribution is 5.95. The van der Waals surface area contributed by atoms with Crippen LogP contribution in [0.3, 0.4) is 0 Å². The molecule has 0 saturated carbocycles. The zero-order valence-corrected chi connectivity index (χ0v) is 18.3. The van der Waals surface area contributed by atoms with Crippen molar-refractivity contribution in [1.29, 1.82) is 0 Å². The molecule has 0 radical (unpaired) electrons. The second-order valence-corrected chi connectivity index (χ2v) is 7.53. The van der Waals surface area contributed by atoms with Crippen molar-refractivity contribution in [3.05, 3.63) is 65.5 Å². The Kier molecular flexibility index (Phi) is 9.18. The van der Waals surface area contributed by atoms with Crippen LogP contribution in [0.5, 0.6) is 0 Å². The molecular formula is C24H30FN3O3. The highest BCUT2D eigenvalue weighted by atomic mass is 19.1. The van der Waals surface area contributed by atoms with Gasteiger partial charge in [-0.05, 0) is 55.2 Å². The van der Waals surface area contributed by atoms with E-state index in [9.17, 15) is 18.8 Å². The van der Waals surface area contributed by atoms with E-state index in [0.717, 1.165) is 11.1 Å². The maximum atomic E-state index is 13.2. The molecule has 0 aromatic heterocycles. The molecule has 7 heteroatoms. The number of nitrogens with zero attached hydrogens (tertiary/aromatic N) is 1. The normalized spacial score (nSPS) is 10.6. The van der Waals surface area contributed by atoms with E-state index in [4.69, 9.17) is 0 Å². The van der Waals surface area contributed by atoms with Crippen LogP contribution >= 0.6 is 0 Å². The standard InChI is InChI=1S/C24H30FN3O3/c1-4-19(5-2)24(31)28(15-18-9-11-20(25)12-10-18)16-23(30)26-14-22(29)27-21-8-6-7-17(3)13-21/h6-13,19H,4-5,14-16H2,1-3H3,(H,26,30)(H,27,29). The number of nitrogens with one attached hydrogen (secondary N) is 2. The third-order valence-electron chi connectivity index (χ3n) is 5.02. The van der Waals surface area contributed by atoms with Crippen molar-refractivity contribution in [2.75, 3.05) is 18.4 Å². The number of carbonyl (C=O) groups excluding carboxylic acids is 3. The summed E-state index contributed by atoms with van der Waals surface area (Å²) in [5.74, 6) is -1.47. The van der Waals surface area contributed by atoms with Crippen LogP contribution in [0.2, 0.25) is 0 Å². The summed E-state index contributed by atoms with van der Waals surface area (Å²) in [5, 5.41) is 5.29. The van der Waals surface area contributed by atoms with E-state index in [1.54, 1.807) is 18.2 Å². The van der Waals surface area contributed by atoms with Gasteiger partial charge in [-0.2, -0.15) is 0 Å². The van der Waals surface area contributed by atoms with Crippen LogP contribution in [0.25, 0.3) is 0 Å². The lowest BCUT2D eigenvalue weighted by molar-refractivity contribution is -0.140. The van der Waals surface area contributed by atoms with Crippen LogP contribution < -0.4 is 10.6 Å². The first kappa shape index (κ1) is 24.1. The van der Waals surface area contributed by atoms with E-state index in [1.165, 1.54) is 17.0 Å². The Morgan fingerprint density at radius 2 is 1.68 bits per heavy atom. The molecule has 0 bridgehead atoms. The van der Waals surface area contributed by atoms with Crippen LogP contribution in [0.4, 0.5) is 10.1 Å². The van der Waals surface area contributed by atoms with Gasteiger partial charge < -0.3 is 15.5 Å². The smallest absolute Gasteiger partial charge is 0.243 e. The molecule has 0 saturated heterocycles. The number of benzene rings is 2. The molecule has 6 nitrogen and oxygen atoms in total. The van der Waals surface area contributed by atoms with Crippen molar-refractivity contribution >= 4 is 23.4 Å². The van der Waals surface area contributed by atoms with Crippen molar-refractivity contribution in [3.63, 3.8) is 0 Å². The number of carbonyl (C=O) groups is 3. The number of aryl methyl sites for hydroxylation is 1. The van der Waals surface area contributed by atoms with Gasteiger partial charge in [0.15, 0.2) is 0 Å². The van der Waals surface area contributed by atoms with Gasteiger partial charge in [-0.3, -0.25) is 14.4 Å². The molecule has 0 unspecified atom stereocenters. The summed E-state index contributed by atoms with van der Waals surface area (Å²) in [4.78, 5) is 39.0. The largest absolute Gasteiger partial charge is 0.345 e. The monoisotopic (exact) mass is 427 g/mol. The van der Waals surface area contributed by atoms with Gasteiger partial charge in [-0.15, -0.1) is 0 Å². The van der Waals surface area contributed by atoms with Crippen molar-refractivity contribution in [2.24, 2.45) is 5.92 Å². The third-order valence-corrected chi connectivity index (χ3v) is 5.02. The maximum absolute atomic E-state index is 13.2. The quantitative estimate of drug-likeness (QED) is 0.608. The number of hydrogen-bond donors (Lipinski definition) is 2. The molecule has 0 heterocycles. The summed E-state index contributed by atoms with van der Waals surface area (Å²) in [6.45, 7) is 5.60. The van der Waals surface area contributed by atoms with Gasteiger partial charge in [-0.25, -0.2) is 4.39 Å². The van der Waals surface area contributed by atoms with E-state index in [2.05, 4.69) is 10.6 Å². The Labute approximate surface area is 182 Å². The van der Waals surface area contributed by atoms with Gasteiger partial charge in [-0.1, -0.05) is 38.1 Å². The Morgan fingerprint density at radius 1 is 1.00 bits per heavy atom. The first-order valence-corrected chi connectivity index (χ1v) is 10.5. The number of rotatable bonds is 10. The zero-order valence-electron chi connectivity index (χ0n) is 18.3. The van der Waals surface area contributed by atoms with Crippen LogP contribution in [-0.2, 0) is 20.9 Å². The van der Waals surface area contributed by atoms with Gasteiger partial charge in [0, 0.05) is 18.2 Å². The molecule has 0 spiro atoms. The summed E-state index contributed by atoms with van der Waals surface area (Å²) >= 11 is 0. The van der Waals surface area contributed by atoms with Crippen molar-refractivity contribution < 1.29 is 18.8 Å². The van der Waals surface area contributed by atoms with Crippen LogP contribution in [-0.4, -0.2) is 35.7 Å². The zero-order chi connectivity index (χ0) is 22.8. The number of halogens is 1. The Morgan fingerprint density at radius 3 is 2.29 bits per heavy atom. The molecule has 2 aromatic carbocycles. The third kappa shape index (κ3) is 7.85. The lowest BCUT2D eigenvalue weighted by Crippen LogP contribution is -2.44. The first-order valence-electron chi connectivity index (χ1n) is 10.5. The topological polar surface area (TPSA) is 78.5 Å². The number of hydrogen-bond acceptors (Lipinski definition) is 3. The van der Waals surface area contributed by atoms with Crippen molar-refractivity contribution in [1.82, 2.24) is 10.2 Å². The minimum atomic E-state index is -0.430. The molecule has 0 fully saturated rings.